The lowest BCUT2D eigenvalue weighted by molar-refractivity contribution is -0.0538. The van der Waals surface area contributed by atoms with Crippen molar-refractivity contribution in [3.8, 4) is 0 Å². The number of hydrogen-bond donors (Lipinski definition) is 4. The summed E-state index contributed by atoms with van der Waals surface area (Å²) in [5, 5.41) is 34.5. The normalized spacial score (nSPS) is 12.3. The first-order valence-electron chi connectivity index (χ1n) is 9.64. The van der Waals surface area contributed by atoms with E-state index in [-0.39, 0.29) is 24.3 Å². The van der Waals surface area contributed by atoms with Crippen molar-refractivity contribution in [1.82, 2.24) is 0 Å². The molecule has 0 aliphatic heterocycles. The van der Waals surface area contributed by atoms with Crippen molar-refractivity contribution in [2.45, 2.75) is 26.4 Å². The minimum absolute atomic E-state index is 0.0413. The van der Waals surface area contributed by atoms with Crippen LogP contribution in [0.15, 0.2) is 24.3 Å². The van der Waals surface area contributed by atoms with Crippen LogP contribution in [0.3, 0.4) is 0 Å². The molecule has 0 fully saturated rings. The first kappa shape index (κ1) is 28.9. The number of hydrogen-bond acceptors (Lipinski definition) is 11. The van der Waals surface area contributed by atoms with E-state index in [0.717, 1.165) is 0 Å². The van der Waals surface area contributed by atoms with Gasteiger partial charge in [-0.2, -0.15) is 0 Å². The Morgan fingerprint density at radius 3 is 1.23 bits per heavy atom. The van der Waals surface area contributed by atoms with Crippen molar-refractivity contribution in [3.63, 3.8) is 0 Å². The number of esters is 2. The van der Waals surface area contributed by atoms with Gasteiger partial charge < -0.3 is 44.1 Å². The molecule has 0 spiro atoms. The van der Waals surface area contributed by atoms with Gasteiger partial charge in [-0.15, -0.1) is 0 Å². The summed E-state index contributed by atoms with van der Waals surface area (Å²) < 4.78 is 24.1. The smallest absolute Gasteiger partial charge is 0.340 e. The van der Waals surface area contributed by atoms with Gasteiger partial charge in [0.25, 0.3) is 0 Å². The van der Waals surface area contributed by atoms with Crippen LogP contribution >= 0.6 is 0 Å². The Morgan fingerprint density at radius 2 is 0.968 bits per heavy atom. The van der Waals surface area contributed by atoms with Gasteiger partial charge in [0.05, 0.1) is 64.0 Å². The van der Waals surface area contributed by atoms with Gasteiger partial charge in [0.15, 0.2) is 12.6 Å². The highest BCUT2D eigenvalue weighted by atomic mass is 16.6. The van der Waals surface area contributed by atoms with E-state index in [9.17, 15) is 9.59 Å². The molecule has 4 N–H and O–H groups in total. The number of aliphatic hydroxyl groups excluding tert-OH is 4. The SMILES string of the molecule is CC(O)OC(=O)c1ccc(C(=O)OC(C)O)cc1.OCCOCCOCCOCCO. The van der Waals surface area contributed by atoms with Crippen LogP contribution in [0.5, 0.6) is 0 Å². The Morgan fingerprint density at radius 1 is 0.677 bits per heavy atom. The van der Waals surface area contributed by atoms with Crippen molar-refractivity contribution >= 4 is 11.9 Å². The molecule has 0 saturated heterocycles. The maximum atomic E-state index is 11.4. The van der Waals surface area contributed by atoms with Crippen LogP contribution in [0.2, 0.25) is 0 Å². The predicted molar refractivity (Wildman–Crippen MR) is 107 cm³/mol. The van der Waals surface area contributed by atoms with Crippen LogP contribution in [0.1, 0.15) is 34.6 Å². The molecule has 0 radical (unpaired) electrons. The number of carbonyl (C=O) groups is 2. The number of aliphatic hydroxyl groups is 4. The summed E-state index contributed by atoms with van der Waals surface area (Å²) in [6, 6.07) is 5.46. The minimum atomic E-state index is -1.20. The van der Waals surface area contributed by atoms with E-state index >= 15 is 0 Å². The van der Waals surface area contributed by atoms with Gasteiger partial charge in [-0.25, -0.2) is 9.59 Å². The number of benzene rings is 1. The van der Waals surface area contributed by atoms with Crippen molar-refractivity contribution in [1.29, 1.82) is 0 Å². The highest BCUT2D eigenvalue weighted by Crippen LogP contribution is 2.09. The molecule has 1 aromatic rings. The highest BCUT2D eigenvalue weighted by Gasteiger charge is 2.13. The average molecular weight is 448 g/mol. The zero-order chi connectivity index (χ0) is 23.5. The summed E-state index contributed by atoms with van der Waals surface area (Å²) in [5.74, 6) is -1.39. The minimum Gasteiger partial charge on any atom is -0.433 e. The summed E-state index contributed by atoms with van der Waals surface area (Å²) in [5.41, 5.74) is 0.397. The lowest BCUT2D eigenvalue weighted by Gasteiger charge is -2.08. The topological polar surface area (TPSA) is 161 Å². The van der Waals surface area contributed by atoms with Gasteiger partial charge in [0.1, 0.15) is 0 Å². The summed E-state index contributed by atoms with van der Waals surface area (Å²) >= 11 is 0. The Bertz CT molecular complexity index is 536. The molecule has 0 amide bonds. The van der Waals surface area contributed by atoms with E-state index in [1.54, 1.807) is 0 Å². The Balaban J connectivity index is 0.000000615. The standard InChI is InChI=1S/C12H14O6.C8H18O5/c1-7(13)17-11(15)9-3-5-10(6-4-9)12(16)18-8(2)14;9-1-3-11-5-7-13-8-6-12-4-2-10/h3-8,13-14H,1-2H3;9-10H,1-8H2. The van der Waals surface area contributed by atoms with Crippen LogP contribution in [0, 0.1) is 0 Å². The summed E-state index contributed by atoms with van der Waals surface area (Å²) in [7, 11) is 0. The van der Waals surface area contributed by atoms with E-state index in [1.165, 1.54) is 38.1 Å². The number of ether oxygens (including phenoxy) is 5. The van der Waals surface area contributed by atoms with Crippen LogP contribution < -0.4 is 0 Å². The summed E-state index contributed by atoms with van der Waals surface area (Å²) in [6.07, 6.45) is -2.39. The second-order valence-corrected chi connectivity index (χ2v) is 5.87. The molecule has 11 nitrogen and oxygen atoms in total. The van der Waals surface area contributed by atoms with Crippen LogP contribution in [-0.4, -0.2) is 97.8 Å². The fourth-order valence-corrected chi connectivity index (χ4v) is 1.86. The van der Waals surface area contributed by atoms with Gasteiger partial charge in [0.2, 0.25) is 0 Å². The zero-order valence-electron chi connectivity index (χ0n) is 17.8. The van der Waals surface area contributed by atoms with E-state index in [1.807, 2.05) is 0 Å². The molecule has 0 saturated carbocycles. The molecule has 2 unspecified atom stereocenters. The lowest BCUT2D eigenvalue weighted by atomic mass is 10.1. The molecular weight excluding hydrogens is 416 g/mol. The summed E-state index contributed by atoms with van der Waals surface area (Å²) in [6.45, 7) is 5.39. The third-order valence-electron chi connectivity index (χ3n) is 3.13. The van der Waals surface area contributed by atoms with Crippen molar-refractivity contribution in [3.05, 3.63) is 35.4 Å². The van der Waals surface area contributed by atoms with Crippen LogP contribution in [0.4, 0.5) is 0 Å². The van der Waals surface area contributed by atoms with Crippen LogP contribution in [0.25, 0.3) is 0 Å². The van der Waals surface area contributed by atoms with Gasteiger partial charge in [-0.1, -0.05) is 0 Å². The Labute approximate surface area is 181 Å². The lowest BCUT2D eigenvalue weighted by Crippen LogP contribution is -2.15. The van der Waals surface area contributed by atoms with Crippen molar-refractivity contribution in [2.75, 3.05) is 52.9 Å². The first-order chi connectivity index (χ1) is 14.8. The fourth-order valence-electron chi connectivity index (χ4n) is 1.86. The van der Waals surface area contributed by atoms with Crippen molar-refractivity contribution in [2.24, 2.45) is 0 Å². The maximum absolute atomic E-state index is 11.4. The predicted octanol–water partition coefficient (Wildman–Crippen LogP) is -0.302. The Hall–Kier alpha value is -2.12. The summed E-state index contributed by atoms with van der Waals surface area (Å²) in [4.78, 5) is 22.8. The first-order valence-corrected chi connectivity index (χ1v) is 9.64. The van der Waals surface area contributed by atoms with Gasteiger partial charge >= 0.3 is 11.9 Å². The molecule has 0 aromatic heterocycles. The van der Waals surface area contributed by atoms with E-state index in [4.69, 9.17) is 34.6 Å². The molecule has 0 aliphatic rings. The van der Waals surface area contributed by atoms with Gasteiger partial charge in [0, 0.05) is 0 Å². The molecule has 2 atom stereocenters. The van der Waals surface area contributed by atoms with Gasteiger partial charge in [-0.05, 0) is 38.1 Å². The largest absolute Gasteiger partial charge is 0.433 e. The average Bonchev–Trinajstić information content (AvgIpc) is 2.72. The maximum Gasteiger partial charge on any atom is 0.340 e. The monoisotopic (exact) mass is 448 g/mol. The second-order valence-electron chi connectivity index (χ2n) is 5.87. The zero-order valence-corrected chi connectivity index (χ0v) is 17.8. The fraction of sp³-hybridized carbons (Fsp3) is 0.600. The molecule has 1 rings (SSSR count). The molecule has 0 heterocycles. The number of rotatable bonds is 14. The quantitative estimate of drug-likeness (QED) is 0.168. The van der Waals surface area contributed by atoms with E-state index in [2.05, 4.69) is 9.47 Å². The third kappa shape index (κ3) is 16.3. The third-order valence-corrected chi connectivity index (χ3v) is 3.13. The number of carbonyl (C=O) groups excluding carboxylic acids is 2. The Kier molecular flexibility index (Phi) is 17.4. The highest BCUT2D eigenvalue weighted by molar-refractivity contribution is 5.93. The van der Waals surface area contributed by atoms with E-state index < -0.39 is 24.5 Å². The molecular formula is C20H32O11. The molecule has 0 aliphatic carbocycles. The molecule has 1 aromatic carbocycles. The van der Waals surface area contributed by atoms with E-state index in [0.29, 0.717) is 39.6 Å². The molecule has 11 heteroatoms. The van der Waals surface area contributed by atoms with Gasteiger partial charge in [-0.3, -0.25) is 0 Å². The van der Waals surface area contributed by atoms with Crippen molar-refractivity contribution < 1.29 is 53.7 Å². The molecule has 0 bridgehead atoms. The van der Waals surface area contributed by atoms with Crippen LogP contribution in [-0.2, 0) is 23.7 Å². The molecule has 31 heavy (non-hydrogen) atoms. The second kappa shape index (κ2) is 18.6. The molecule has 178 valence electrons.